The molecule has 2 aromatic heterocycles. The van der Waals surface area contributed by atoms with Crippen LogP contribution in [0.1, 0.15) is 11.1 Å². The van der Waals surface area contributed by atoms with E-state index in [0.717, 1.165) is 15.7 Å². The van der Waals surface area contributed by atoms with Crippen molar-refractivity contribution in [2.45, 2.75) is 19.6 Å². The summed E-state index contributed by atoms with van der Waals surface area (Å²) in [4.78, 5) is 45.1. The summed E-state index contributed by atoms with van der Waals surface area (Å²) in [5.74, 6) is -0.442. The second-order valence-electron chi connectivity index (χ2n) is 7.81. The number of aliphatic hydroxyl groups is 1. The molecule has 170 valence electrons. The normalized spacial score (nSPS) is 11.1. The monoisotopic (exact) mass is 447 g/mol. The Bertz CT molecular complexity index is 1370. The van der Waals surface area contributed by atoms with Crippen LogP contribution < -0.4 is 11.2 Å². The molecule has 0 saturated carbocycles. The Morgan fingerprint density at radius 1 is 0.939 bits per heavy atom. The van der Waals surface area contributed by atoms with Gasteiger partial charge >= 0.3 is 5.69 Å². The number of carbonyl (C=O) groups excluding carboxylic acids is 1. The van der Waals surface area contributed by atoms with Crippen molar-refractivity contribution < 1.29 is 9.90 Å². The minimum Gasteiger partial charge on any atom is -0.395 e. The molecule has 0 aliphatic carbocycles. The van der Waals surface area contributed by atoms with Crippen molar-refractivity contribution in [1.82, 2.24) is 23.6 Å². The number of nitrogens with zero attached hydrogens (tertiary/aromatic N) is 5. The van der Waals surface area contributed by atoms with Gasteiger partial charge in [0.15, 0.2) is 11.2 Å². The summed E-state index contributed by atoms with van der Waals surface area (Å²) < 4.78 is 4.07. The van der Waals surface area contributed by atoms with Gasteiger partial charge in [-0.2, -0.15) is 0 Å². The van der Waals surface area contributed by atoms with Crippen LogP contribution in [-0.4, -0.2) is 54.8 Å². The van der Waals surface area contributed by atoms with Crippen LogP contribution in [0.3, 0.4) is 0 Å². The van der Waals surface area contributed by atoms with E-state index >= 15 is 0 Å². The van der Waals surface area contributed by atoms with Crippen molar-refractivity contribution in [3.63, 3.8) is 0 Å². The van der Waals surface area contributed by atoms with Gasteiger partial charge in [0.05, 0.1) is 19.5 Å². The first kappa shape index (κ1) is 22.2. The fourth-order valence-electron chi connectivity index (χ4n) is 3.72. The molecule has 1 N–H and O–H groups in total. The Morgan fingerprint density at radius 3 is 2.15 bits per heavy atom. The van der Waals surface area contributed by atoms with Crippen LogP contribution in [0.25, 0.3) is 11.2 Å². The Labute approximate surface area is 189 Å². The van der Waals surface area contributed by atoms with Gasteiger partial charge in [0.25, 0.3) is 5.56 Å². The lowest BCUT2D eigenvalue weighted by Crippen LogP contribution is -2.45. The fraction of sp³-hybridized carbons (Fsp3) is 0.250. The highest BCUT2D eigenvalue weighted by Crippen LogP contribution is 2.12. The number of benzene rings is 2. The molecule has 0 atom stereocenters. The van der Waals surface area contributed by atoms with Crippen molar-refractivity contribution in [3.8, 4) is 0 Å². The standard InChI is InChI=1S/C24H25N5O4/c1-26(12-13-30)20(31)16-29-23(32)21-22(25-17-27(21)14-18-8-4-2-5-9-18)28(24(29)33)15-19-10-6-3-7-11-19/h2-11,17,30H,12-16H2,1H3. The van der Waals surface area contributed by atoms with Gasteiger partial charge in [0.1, 0.15) is 6.54 Å². The first-order valence-electron chi connectivity index (χ1n) is 10.6. The minimum atomic E-state index is -0.605. The first-order chi connectivity index (χ1) is 16.0. The molecule has 2 aromatic carbocycles. The highest BCUT2D eigenvalue weighted by molar-refractivity contribution is 5.76. The van der Waals surface area contributed by atoms with E-state index in [-0.39, 0.29) is 30.9 Å². The zero-order chi connectivity index (χ0) is 23.4. The number of aromatic nitrogens is 4. The molecule has 0 aliphatic heterocycles. The van der Waals surface area contributed by atoms with Crippen LogP contribution in [0.2, 0.25) is 0 Å². The number of likely N-dealkylation sites (N-methyl/N-ethyl adjacent to an activating group) is 1. The quantitative estimate of drug-likeness (QED) is 0.433. The molecule has 2 heterocycles. The lowest BCUT2D eigenvalue weighted by Gasteiger charge is -2.17. The second-order valence-corrected chi connectivity index (χ2v) is 7.81. The molecular weight excluding hydrogens is 422 g/mol. The number of aliphatic hydroxyl groups excluding tert-OH is 1. The third kappa shape index (κ3) is 4.63. The van der Waals surface area contributed by atoms with E-state index in [9.17, 15) is 14.4 Å². The molecule has 0 bridgehead atoms. The Balaban J connectivity index is 1.86. The number of fused-ring (bicyclic) bond motifs is 1. The van der Waals surface area contributed by atoms with Gasteiger partial charge in [-0.3, -0.25) is 14.2 Å². The predicted molar refractivity (Wildman–Crippen MR) is 124 cm³/mol. The predicted octanol–water partition coefficient (Wildman–Crippen LogP) is 0.907. The van der Waals surface area contributed by atoms with Crippen LogP contribution in [0.4, 0.5) is 0 Å². The summed E-state index contributed by atoms with van der Waals surface area (Å²) in [7, 11) is 1.52. The average molecular weight is 447 g/mol. The highest BCUT2D eigenvalue weighted by atomic mass is 16.3. The molecular formula is C24H25N5O4. The Hall–Kier alpha value is -3.98. The van der Waals surface area contributed by atoms with Gasteiger partial charge in [-0.25, -0.2) is 14.3 Å². The summed E-state index contributed by atoms with van der Waals surface area (Å²) in [6.07, 6.45) is 1.55. The van der Waals surface area contributed by atoms with Crippen LogP contribution in [0.5, 0.6) is 0 Å². The molecule has 0 spiro atoms. The third-order valence-corrected chi connectivity index (χ3v) is 5.52. The molecule has 0 fully saturated rings. The van der Waals surface area contributed by atoms with E-state index in [1.54, 1.807) is 10.9 Å². The summed E-state index contributed by atoms with van der Waals surface area (Å²) >= 11 is 0. The first-order valence-corrected chi connectivity index (χ1v) is 10.6. The maximum atomic E-state index is 13.4. The molecule has 33 heavy (non-hydrogen) atoms. The van der Waals surface area contributed by atoms with Crippen LogP contribution in [-0.2, 0) is 24.4 Å². The third-order valence-electron chi connectivity index (χ3n) is 5.52. The average Bonchev–Trinajstić information content (AvgIpc) is 3.24. The zero-order valence-electron chi connectivity index (χ0n) is 18.3. The largest absolute Gasteiger partial charge is 0.395 e. The summed E-state index contributed by atoms with van der Waals surface area (Å²) in [6.45, 7) is 0.0849. The molecule has 0 unspecified atom stereocenters. The molecule has 0 saturated heterocycles. The number of hydrogen-bond acceptors (Lipinski definition) is 5. The van der Waals surface area contributed by atoms with Gasteiger partial charge in [0.2, 0.25) is 5.91 Å². The van der Waals surface area contributed by atoms with E-state index in [2.05, 4.69) is 4.98 Å². The minimum absolute atomic E-state index is 0.111. The number of carbonyl (C=O) groups is 1. The Kier molecular flexibility index (Phi) is 6.50. The van der Waals surface area contributed by atoms with Crippen molar-refractivity contribution in [2.24, 2.45) is 0 Å². The lowest BCUT2D eigenvalue weighted by molar-refractivity contribution is -0.131. The fourth-order valence-corrected chi connectivity index (χ4v) is 3.72. The van der Waals surface area contributed by atoms with E-state index in [1.165, 1.54) is 16.5 Å². The SMILES string of the molecule is CN(CCO)C(=O)Cn1c(=O)c2c(ncn2Cc2ccccc2)n(Cc2ccccc2)c1=O. The van der Waals surface area contributed by atoms with Crippen molar-refractivity contribution in [1.29, 1.82) is 0 Å². The van der Waals surface area contributed by atoms with Crippen molar-refractivity contribution in [2.75, 3.05) is 20.2 Å². The van der Waals surface area contributed by atoms with Gasteiger partial charge in [-0.05, 0) is 11.1 Å². The molecule has 0 radical (unpaired) electrons. The van der Waals surface area contributed by atoms with Crippen molar-refractivity contribution >= 4 is 17.1 Å². The summed E-state index contributed by atoms with van der Waals surface area (Å²) in [5, 5.41) is 9.12. The van der Waals surface area contributed by atoms with Crippen LogP contribution >= 0.6 is 0 Å². The number of rotatable bonds is 8. The van der Waals surface area contributed by atoms with Gasteiger partial charge in [0, 0.05) is 20.1 Å². The topological polar surface area (TPSA) is 102 Å². The molecule has 4 aromatic rings. The van der Waals surface area contributed by atoms with E-state index < -0.39 is 23.7 Å². The number of amides is 1. The molecule has 1 amide bonds. The van der Waals surface area contributed by atoms with Gasteiger partial charge in [-0.15, -0.1) is 0 Å². The maximum Gasteiger partial charge on any atom is 0.333 e. The lowest BCUT2D eigenvalue weighted by atomic mass is 10.2. The second kappa shape index (κ2) is 9.66. The summed E-state index contributed by atoms with van der Waals surface area (Å²) in [6, 6.07) is 19.0. The van der Waals surface area contributed by atoms with Crippen LogP contribution in [0, 0.1) is 0 Å². The van der Waals surface area contributed by atoms with E-state index in [0.29, 0.717) is 6.54 Å². The molecule has 4 rings (SSSR count). The molecule has 9 nitrogen and oxygen atoms in total. The molecule has 0 aliphatic rings. The zero-order valence-corrected chi connectivity index (χ0v) is 18.3. The van der Waals surface area contributed by atoms with Gasteiger partial charge < -0.3 is 14.6 Å². The smallest absolute Gasteiger partial charge is 0.333 e. The van der Waals surface area contributed by atoms with E-state index in [1.807, 2.05) is 60.7 Å². The van der Waals surface area contributed by atoms with Gasteiger partial charge in [-0.1, -0.05) is 60.7 Å². The number of hydrogen-bond donors (Lipinski definition) is 1. The highest BCUT2D eigenvalue weighted by Gasteiger charge is 2.21. The number of imidazole rings is 1. The van der Waals surface area contributed by atoms with Crippen molar-refractivity contribution in [3.05, 3.63) is 99.0 Å². The molecule has 9 heteroatoms. The van der Waals surface area contributed by atoms with Crippen LogP contribution in [0.15, 0.2) is 76.6 Å². The van der Waals surface area contributed by atoms with E-state index in [4.69, 9.17) is 5.11 Å². The summed E-state index contributed by atoms with van der Waals surface area (Å²) in [5.41, 5.74) is 1.20. The maximum absolute atomic E-state index is 13.4. The Morgan fingerprint density at radius 2 is 1.55 bits per heavy atom.